The number of rotatable bonds is 5. The number of aryl methyl sites for hydroxylation is 2. The quantitative estimate of drug-likeness (QED) is 0.746. The van der Waals surface area contributed by atoms with Crippen LogP contribution >= 0.6 is 22.7 Å². The first kappa shape index (κ1) is 15.8. The van der Waals surface area contributed by atoms with Gasteiger partial charge in [0.15, 0.2) is 5.13 Å². The molecule has 0 atom stereocenters. The summed E-state index contributed by atoms with van der Waals surface area (Å²) in [5.41, 5.74) is 2.40. The Balaban J connectivity index is 1.43. The highest BCUT2D eigenvalue weighted by Crippen LogP contribution is 2.29. The molecule has 0 radical (unpaired) electrons. The number of hydrogen-bond acceptors (Lipinski definition) is 7. The average Bonchev–Trinajstić information content (AvgIpc) is 3.28. The van der Waals surface area contributed by atoms with Gasteiger partial charge in [0.25, 0.3) is 0 Å². The van der Waals surface area contributed by atoms with Gasteiger partial charge in [-0.2, -0.15) is 0 Å². The number of fused-ring (bicyclic) bond motifs is 1. The van der Waals surface area contributed by atoms with E-state index >= 15 is 0 Å². The summed E-state index contributed by atoms with van der Waals surface area (Å²) in [4.78, 5) is 17.4. The van der Waals surface area contributed by atoms with Gasteiger partial charge in [0.05, 0.1) is 11.1 Å². The lowest BCUT2D eigenvalue weighted by molar-refractivity contribution is 0.922. The van der Waals surface area contributed by atoms with E-state index in [0.717, 1.165) is 47.9 Å². The van der Waals surface area contributed by atoms with E-state index in [0.29, 0.717) is 0 Å². The first-order valence-corrected chi connectivity index (χ1v) is 10.1. The van der Waals surface area contributed by atoms with Gasteiger partial charge in [0.2, 0.25) is 0 Å². The van der Waals surface area contributed by atoms with Crippen molar-refractivity contribution in [1.29, 1.82) is 0 Å². The highest BCUT2D eigenvalue weighted by molar-refractivity contribution is 7.17. The molecule has 1 fully saturated rings. The first-order chi connectivity index (χ1) is 11.7. The summed E-state index contributed by atoms with van der Waals surface area (Å²) in [5.74, 6) is 1.77. The molecule has 0 spiro atoms. The average molecular weight is 360 g/mol. The molecular formula is C17H21N5S2. The number of nitrogens with one attached hydrogen (secondary N) is 1. The number of aromatic nitrogens is 3. The summed E-state index contributed by atoms with van der Waals surface area (Å²) in [6.45, 7) is 7.21. The van der Waals surface area contributed by atoms with Crippen molar-refractivity contribution in [3.8, 4) is 0 Å². The third-order valence-corrected chi connectivity index (χ3v) is 6.26. The second-order valence-electron chi connectivity index (χ2n) is 6.21. The molecule has 3 aromatic heterocycles. The Hall–Kier alpha value is -1.73. The molecule has 0 amide bonds. The van der Waals surface area contributed by atoms with Crippen LogP contribution in [0.15, 0.2) is 10.8 Å². The zero-order chi connectivity index (χ0) is 16.5. The summed E-state index contributed by atoms with van der Waals surface area (Å²) in [6, 6.07) is 0. The Morgan fingerprint density at radius 3 is 2.75 bits per heavy atom. The smallest absolute Gasteiger partial charge is 0.185 e. The predicted molar refractivity (Wildman–Crippen MR) is 103 cm³/mol. The lowest BCUT2D eigenvalue weighted by atomic mass is 10.2. The van der Waals surface area contributed by atoms with Gasteiger partial charge in [0, 0.05) is 31.4 Å². The lowest BCUT2D eigenvalue weighted by Crippen LogP contribution is -2.17. The number of thiophene rings is 1. The van der Waals surface area contributed by atoms with Crippen molar-refractivity contribution < 1.29 is 0 Å². The van der Waals surface area contributed by atoms with Crippen LogP contribution in [0.5, 0.6) is 0 Å². The van der Waals surface area contributed by atoms with E-state index in [4.69, 9.17) is 4.98 Å². The van der Waals surface area contributed by atoms with Crippen LogP contribution in [0.3, 0.4) is 0 Å². The molecule has 1 aliphatic rings. The van der Waals surface area contributed by atoms with Gasteiger partial charge in [-0.3, -0.25) is 0 Å². The number of nitrogens with zero attached hydrogens (tertiary/aromatic N) is 4. The summed E-state index contributed by atoms with van der Waals surface area (Å²) >= 11 is 3.45. The van der Waals surface area contributed by atoms with Gasteiger partial charge in [-0.15, -0.1) is 22.7 Å². The Bertz CT molecular complexity index is 848. The highest BCUT2D eigenvalue weighted by Gasteiger charge is 2.15. The SMILES string of the molecule is Cc1nc(NCCc2csc(N3CCCC3)n2)c2c(C)csc2n1. The van der Waals surface area contributed by atoms with Crippen molar-refractivity contribution in [2.45, 2.75) is 33.1 Å². The Morgan fingerprint density at radius 2 is 1.92 bits per heavy atom. The maximum absolute atomic E-state index is 4.78. The number of anilines is 2. The van der Waals surface area contributed by atoms with Crippen molar-refractivity contribution in [2.75, 3.05) is 29.9 Å². The molecule has 1 aliphatic heterocycles. The molecule has 7 heteroatoms. The van der Waals surface area contributed by atoms with Crippen LogP contribution < -0.4 is 10.2 Å². The van der Waals surface area contributed by atoms with Crippen LogP contribution in [0.4, 0.5) is 10.9 Å². The molecule has 0 saturated carbocycles. The molecule has 4 heterocycles. The van der Waals surface area contributed by atoms with E-state index in [1.807, 2.05) is 6.92 Å². The van der Waals surface area contributed by atoms with Crippen LogP contribution in [0.25, 0.3) is 10.2 Å². The Kier molecular flexibility index (Phi) is 4.37. The van der Waals surface area contributed by atoms with E-state index < -0.39 is 0 Å². The van der Waals surface area contributed by atoms with Gasteiger partial charge < -0.3 is 10.2 Å². The minimum atomic E-state index is 0.817. The fourth-order valence-corrected chi connectivity index (χ4v) is 4.97. The Labute approximate surface area is 149 Å². The fraction of sp³-hybridized carbons (Fsp3) is 0.471. The molecular weight excluding hydrogens is 338 g/mol. The number of hydrogen-bond donors (Lipinski definition) is 1. The van der Waals surface area contributed by atoms with Crippen LogP contribution in [0, 0.1) is 13.8 Å². The standard InChI is InChI=1S/C17H21N5S2/c1-11-9-23-16-14(11)15(19-12(2)20-16)18-6-5-13-10-24-17(21-13)22-7-3-4-8-22/h9-10H,3-8H2,1-2H3,(H,18,19,20). The summed E-state index contributed by atoms with van der Waals surface area (Å²) in [7, 11) is 0. The van der Waals surface area contributed by atoms with Crippen molar-refractivity contribution in [1.82, 2.24) is 15.0 Å². The van der Waals surface area contributed by atoms with Gasteiger partial charge in [0.1, 0.15) is 16.5 Å². The molecule has 0 unspecified atom stereocenters. The van der Waals surface area contributed by atoms with Crippen molar-refractivity contribution in [3.05, 3.63) is 27.8 Å². The normalized spacial score (nSPS) is 14.7. The zero-order valence-corrected chi connectivity index (χ0v) is 15.6. The maximum atomic E-state index is 4.78. The van der Waals surface area contributed by atoms with Crippen molar-refractivity contribution in [3.63, 3.8) is 0 Å². The van der Waals surface area contributed by atoms with Crippen LogP contribution in [-0.4, -0.2) is 34.6 Å². The topological polar surface area (TPSA) is 53.9 Å². The van der Waals surface area contributed by atoms with Crippen molar-refractivity contribution >= 4 is 43.8 Å². The minimum absolute atomic E-state index is 0.817. The second kappa shape index (κ2) is 6.64. The largest absolute Gasteiger partial charge is 0.369 e. The third-order valence-electron chi connectivity index (χ3n) is 4.32. The predicted octanol–water partition coefficient (Wildman–Crippen LogP) is 4.02. The van der Waals surface area contributed by atoms with Crippen LogP contribution in [0.2, 0.25) is 0 Å². The fourth-order valence-electron chi connectivity index (χ4n) is 3.09. The Morgan fingerprint density at radius 1 is 1.08 bits per heavy atom. The zero-order valence-electron chi connectivity index (χ0n) is 14.0. The van der Waals surface area contributed by atoms with Crippen molar-refractivity contribution in [2.24, 2.45) is 0 Å². The molecule has 5 nitrogen and oxygen atoms in total. The van der Waals surface area contributed by atoms with E-state index in [2.05, 4.69) is 37.9 Å². The minimum Gasteiger partial charge on any atom is -0.369 e. The molecule has 24 heavy (non-hydrogen) atoms. The molecule has 3 aromatic rings. The van der Waals surface area contributed by atoms with E-state index in [-0.39, 0.29) is 0 Å². The molecule has 126 valence electrons. The molecule has 1 N–H and O–H groups in total. The lowest BCUT2D eigenvalue weighted by Gasteiger charge is -2.12. The van der Waals surface area contributed by atoms with Crippen LogP contribution in [-0.2, 0) is 6.42 Å². The molecule has 1 saturated heterocycles. The monoisotopic (exact) mass is 359 g/mol. The molecule has 0 aromatic carbocycles. The van der Waals surface area contributed by atoms with Crippen LogP contribution in [0.1, 0.15) is 29.9 Å². The van der Waals surface area contributed by atoms with E-state index in [9.17, 15) is 0 Å². The molecule has 0 aliphatic carbocycles. The van der Waals surface area contributed by atoms with E-state index in [1.54, 1.807) is 22.7 Å². The summed E-state index contributed by atoms with van der Waals surface area (Å²) < 4.78 is 0. The number of thiazole rings is 1. The summed E-state index contributed by atoms with van der Waals surface area (Å²) in [6.07, 6.45) is 3.50. The molecule has 0 bridgehead atoms. The van der Waals surface area contributed by atoms with E-state index in [1.165, 1.54) is 29.2 Å². The maximum Gasteiger partial charge on any atom is 0.185 e. The van der Waals surface area contributed by atoms with Gasteiger partial charge >= 0.3 is 0 Å². The summed E-state index contributed by atoms with van der Waals surface area (Å²) in [5, 5.41) is 10.2. The second-order valence-corrected chi connectivity index (χ2v) is 7.91. The highest BCUT2D eigenvalue weighted by atomic mass is 32.1. The first-order valence-electron chi connectivity index (χ1n) is 8.36. The van der Waals surface area contributed by atoms with Gasteiger partial charge in [-0.05, 0) is 37.6 Å². The third kappa shape index (κ3) is 3.10. The van der Waals surface area contributed by atoms with Gasteiger partial charge in [-0.1, -0.05) is 0 Å². The molecule has 4 rings (SSSR count). The van der Waals surface area contributed by atoms with Gasteiger partial charge in [-0.25, -0.2) is 15.0 Å².